The molecule has 2 N–H and O–H groups in total. The van der Waals surface area contributed by atoms with Crippen LogP contribution >= 0.6 is 0 Å². The summed E-state index contributed by atoms with van der Waals surface area (Å²) in [5.74, 6) is 0. The van der Waals surface area contributed by atoms with Crippen molar-refractivity contribution in [1.82, 2.24) is 4.90 Å². The van der Waals surface area contributed by atoms with Gasteiger partial charge in [-0.1, -0.05) is 43.2 Å². The fourth-order valence-electron chi connectivity index (χ4n) is 3.19. The van der Waals surface area contributed by atoms with Crippen LogP contribution in [0.4, 0.5) is 0 Å². The maximum Gasteiger partial charge on any atom is 0.0244 e. The summed E-state index contributed by atoms with van der Waals surface area (Å²) in [7, 11) is 2.25. The summed E-state index contributed by atoms with van der Waals surface area (Å²) in [4.78, 5) is 2.49. The smallest absolute Gasteiger partial charge is 0.0244 e. The molecule has 0 aliphatic heterocycles. The number of unbranched alkanes of at least 4 members (excludes halogenated alkanes) is 1. The monoisotopic (exact) mass is 260 g/mol. The molecule has 0 aromatic heterocycles. The molecule has 2 nitrogen and oxygen atoms in total. The van der Waals surface area contributed by atoms with Gasteiger partial charge < -0.3 is 10.6 Å². The van der Waals surface area contributed by atoms with Gasteiger partial charge in [0.25, 0.3) is 0 Å². The molecule has 1 aliphatic carbocycles. The quantitative estimate of drug-likeness (QED) is 0.796. The molecule has 2 atom stereocenters. The van der Waals surface area contributed by atoms with Gasteiger partial charge in [0, 0.05) is 12.1 Å². The maximum atomic E-state index is 6.23. The number of hydrogen-bond acceptors (Lipinski definition) is 2. The van der Waals surface area contributed by atoms with Crippen molar-refractivity contribution in [3.63, 3.8) is 0 Å². The van der Waals surface area contributed by atoms with Gasteiger partial charge in [-0.15, -0.1) is 0 Å². The summed E-state index contributed by atoms with van der Waals surface area (Å²) in [5, 5.41) is 0. The lowest BCUT2D eigenvalue weighted by Gasteiger charge is -2.36. The number of likely N-dealkylation sites (N-methyl/N-ethyl adjacent to an activating group) is 1. The third-order valence-electron chi connectivity index (χ3n) is 4.42. The largest absolute Gasteiger partial charge is 0.326 e. The third kappa shape index (κ3) is 4.63. The van der Waals surface area contributed by atoms with Crippen LogP contribution in [0, 0.1) is 0 Å². The topological polar surface area (TPSA) is 29.3 Å². The van der Waals surface area contributed by atoms with E-state index in [1.807, 2.05) is 0 Å². The molecule has 0 saturated heterocycles. The van der Waals surface area contributed by atoms with Crippen molar-refractivity contribution in [1.29, 1.82) is 0 Å². The second-order valence-electron chi connectivity index (χ2n) is 5.94. The minimum atomic E-state index is 0.396. The molecule has 1 aromatic rings. The number of rotatable bonds is 6. The van der Waals surface area contributed by atoms with E-state index in [2.05, 4.69) is 42.3 Å². The highest BCUT2D eigenvalue weighted by Gasteiger charge is 2.24. The average molecular weight is 260 g/mol. The van der Waals surface area contributed by atoms with E-state index in [4.69, 9.17) is 5.73 Å². The first-order chi connectivity index (χ1) is 9.27. The molecular weight excluding hydrogens is 232 g/mol. The fraction of sp³-hybridized carbons (Fsp3) is 0.647. The molecule has 1 aromatic carbocycles. The summed E-state index contributed by atoms with van der Waals surface area (Å²) in [6.45, 7) is 1.19. The summed E-state index contributed by atoms with van der Waals surface area (Å²) in [6, 6.07) is 11.8. The lowest BCUT2D eigenvalue weighted by atomic mass is 9.90. The Labute approximate surface area is 118 Å². The lowest BCUT2D eigenvalue weighted by Crippen LogP contribution is -2.48. The van der Waals surface area contributed by atoms with E-state index in [1.165, 1.54) is 57.1 Å². The molecule has 2 unspecified atom stereocenters. The Morgan fingerprint density at radius 1 is 1.11 bits per heavy atom. The molecule has 0 spiro atoms. The molecule has 1 saturated carbocycles. The summed E-state index contributed by atoms with van der Waals surface area (Å²) in [6.07, 6.45) is 8.91. The van der Waals surface area contributed by atoms with Gasteiger partial charge in [-0.25, -0.2) is 0 Å². The molecule has 0 heterocycles. The van der Waals surface area contributed by atoms with Gasteiger partial charge in [0.05, 0.1) is 0 Å². The van der Waals surface area contributed by atoms with Gasteiger partial charge >= 0.3 is 0 Å². The van der Waals surface area contributed by atoms with E-state index < -0.39 is 0 Å². The van der Waals surface area contributed by atoms with Crippen LogP contribution in [0.5, 0.6) is 0 Å². The van der Waals surface area contributed by atoms with Gasteiger partial charge in [0.1, 0.15) is 0 Å². The highest BCUT2D eigenvalue weighted by atomic mass is 15.1. The number of nitrogens with zero attached hydrogens (tertiary/aromatic N) is 1. The summed E-state index contributed by atoms with van der Waals surface area (Å²) >= 11 is 0. The van der Waals surface area contributed by atoms with Gasteiger partial charge in [-0.05, 0) is 51.3 Å². The van der Waals surface area contributed by atoms with Crippen LogP contribution in [0.15, 0.2) is 30.3 Å². The van der Waals surface area contributed by atoms with Crippen LogP contribution < -0.4 is 5.73 Å². The average Bonchev–Trinajstić information content (AvgIpc) is 2.45. The van der Waals surface area contributed by atoms with Gasteiger partial charge in [0.15, 0.2) is 0 Å². The second-order valence-corrected chi connectivity index (χ2v) is 5.94. The third-order valence-corrected chi connectivity index (χ3v) is 4.42. The zero-order valence-corrected chi connectivity index (χ0v) is 12.2. The van der Waals surface area contributed by atoms with Crippen LogP contribution in [0.25, 0.3) is 0 Å². The van der Waals surface area contributed by atoms with Crippen molar-refractivity contribution < 1.29 is 0 Å². The Hall–Kier alpha value is -0.860. The summed E-state index contributed by atoms with van der Waals surface area (Å²) < 4.78 is 0. The van der Waals surface area contributed by atoms with Crippen molar-refractivity contribution >= 4 is 0 Å². The normalized spacial score (nSPS) is 23.7. The van der Waals surface area contributed by atoms with Crippen molar-refractivity contribution in [3.05, 3.63) is 35.9 Å². The van der Waals surface area contributed by atoms with Crippen molar-refractivity contribution in [3.8, 4) is 0 Å². The molecular formula is C17H28N2. The van der Waals surface area contributed by atoms with Gasteiger partial charge in [-0.3, -0.25) is 0 Å². The molecule has 1 aliphatic rings. The first kappa shape index (κ1) is 14.5. The highest BCUT2D eigenvalue weighted by Crippen LogP contribution is 2.21. The Kier molecular flexibility index (Phi) is 5.87. The minimum absolute atomic E-state index is 0.396. The Balaban J connectivity index is 1.65. The minimum Gasteiger partial charge on any atom is -0.326 e. The SMILES string of the molecule is CN(CCCCc1ccccc1)C1CCCCC1N. The van der Waals surface area contributed by atoms with E-state index in [1.54, 1.807) is 0 Å². The zero-order valence-electron chi connectivity index (χ0n) is 12.2. The molecule has 106 valence electrons. The molecule has 19 heavy (non-hydrogen) atoms. The fourth-order valence-corrected chi connectivity index (χ4v) is 3.19. The number of hydrogen-bond donors (Lipinski definition) is 1. The second kappa shape index (κ2) is 7.66. The number of aryl methyl sites for hydroxylation is 1. The predicted octanol–water partition coefficient (Wildman–Crippen LogP) is 3.21. The highest BCUT2D eigenvalue weighted by molar-refractivity contribution is 5.14. The van der Waals surface area contributed by atoms with Crippen LogP contribution in [0.3, 0.4) is 0 Å². The lowest BCUT2D eigenvalue weighted by molar-refractivity contribution is 0.166. The standard InChI is InChI=1S/C17H28N2/c1-19(17-13-6-5-12-16(17)18)14-8-7-11-15-9-3-2-4-10-15/h2-4,9-10,16-17H,5-8,11-14,18H2,1H3. The Morgan fingerprint density at radius 2 is 1.84 bits per heavy atom. The molecule has 0 bridgehead atoms. The molecule has 2 heteroatoms. The van der Waals surface area contributed by atoms with E-state index in [-0.39, 0.29) is 0 Å². The van der Waals surface area contributed by atoms with E-state index >= 15 is 0 Å². The van der Waals surface area contributed by atoms with Gasteiger partial charge in [0.2, 0.25) is 0 Å². The first-order valence-corrected chi connectivity index (χ1v) is 7.77. The van der Waals surface area contributed by atoms with Crippen molar-refractivity contribution in [2.75, 3.05) is 13.6 Å². The van der Waals surface area contributed by atoms with Crippen LogP contribution in [-0.2, 0) is 6.42 Å². The molecule has 2 rings (SSSR count). The van der Waals surface area contributed by atoms with Crippen LogP contribution in [-0.4, -0.2) is 30.6 Å². The van der Waals surface area contributed by atoms with E-state index in [0.717, 1.165) is 0 Å². The predicted molar refractivity (Wildman–Crippen MR) is 82.2 cm³/mol. The molecule has 0 radical (unpaired) electrons. The number of benzene rings is 1. The Bertz CT molecular complexity index is 350. The maximum absolute atomic E-state index is 6.23. The van der Waals surface area contributed by atoms with E-state index in [9.17, 15) is 0 Å². The zero-order chi connectivity index (χ0) is 13.5. The molecule has 1 fully saturated rings. The van der Waals surface area contributed by atoms with E-state index in [0.29, 0.717) is 12.1 Å². The number of nitrogens with two attached hydrogens (primary N) is 1. The van der Waals surface area contributed by atoms with Gasteiger partial charge in [-0.2, -0.15) is 0 Å². The summed E-state index contributed by atoms with van der Waals surface area (Å²) in [5.41, 5.74) is 7.69. The van der Waals surface area contributed by atoms with Crippen molar-refractivity contribution in [2.24, 2.45) is 5.73 Å². The van der Waals surface area contributed by atoms with Crippen molar-refractivity contribution in [2.45, 2.75) is 57.0 Å². The first-order valence-electron chi connectivity index (χ1n) is 7.77. The Morgan fingerprint density at radius 3 is 2.58 bits per heavy atom. The van der Waals surface area contributed by atoms with Crippen LogP contribution in [0.1, 0.15) is 44.1 Å². The van der Waals surface area contributed by atoms with Crippen LogP contribution in [0.2, 0.25) is 0 Å². The molecule has 0 amide bonds.